The third-order valence-electron chi connectivity index (χ3n) is 12.6. The molecule has 4 aliphatic rings. The summed E-state index contributed by atoms with van der Waals surface area (Å²) in [5.74, 6) is 3.64. The summed E-state index contributed by atoms with van der Waals surface area (Å²) >= 11 is 0. The van der Waals surface area contributed by atoms with Gasteiger partial charge in [0.05, 0.1) is 32.8 Å². The average molecular weight is 661 g/mol. The van der Waals surface area contributed by atoms with E-state index >= 15 is 0 Å². The number of carboxylic acid groups (broad SMARTS) is 1. The zero-order valence-electron chi connectivity index (χ0n) is 30.0. The number of carboxylic acids is 1. The number of aliphatic carboxylic acids is 1. The molecule has 0 saturated heterocycles. The van der Waals surface area contributed by atoms with Crippen molar-refractivity contribution in [1.82, 2.24) is 10.6 Å². The third-order valence-corrected chi connectivity index (χ3v) is 12.6. The fourth-order valence-corrected chi connectivity index (χ4v) is 10.1. The van der Waals surface area contributed by atoms with Crippen LogP contribution in [0.3, 0.4) is 0 Å². The van der Waals surface area contributed by atoms with E-state index in [4.69, 9.17) is 19.3 Å². The molecular weight excluding hydrogens is 596 g/mol. The SMILES string of the molecule is CC(C)CCCC(C)C1CCC2C3CC=C4CC(OC(=O)NCCOCCOCCNC(=O)CCC(=O)O)CCC4(C)C3CCC12C. The molecule has 0 bridgehead atoms. The van der Waals surface area contributed by atoms with Crippen molar-refractivity contribution in [3.63, 3.8) is 0 Å². The highest BCUT2D eigenvalue weighted by molar-refractivity contribution is 5.80. The summed E-state index contributed by atoms with van der Waals surface area (Å²) in [6, 6.07) is 0. The summed E-state index contributed by atoms with van der Waals surface area (Å²) in [6.07, 6.45) is 15.7. The van der Waals surface area contributed by atoms with Crippen LogP contribution in [0.5, 0.6) is 0 Å². The molecule has 9 nitrogen and oxygen atoms in total. The summed E-state index contributed by atoms with van der Waals surface area (Å²) in [5.41, 5.74) is 2.27. The van der Waals surface area contributed by atoms with Crippen molar-refractivity contribution in [3.05, 3.63) is 11.6 Å². The van der Waals surface area contributed by atoms with Crippen molar-refractivity contribution >= 4 is 18.0 Å². The number of nitrogens with one attached hydrogen (secondary N) is 2. The van der Waals surface area contributed by atoms with Crippen LogP contribution in [0.25, 0.3) is 0 Å². The zero-order chi connectivity index (χ0) is 34.0. The lowest BCUT2D eigenvalue weighted by Gasteiger charge is -2.58. The Balaban J connectivity index is 1.13. The second kappa shape index (κ2) is 17.5. The van der Waals surface area contributed by atoms with E-state index in [2.05, 4.69) is 51.3 Å². The molecule has 268 valence electrons. The summed E-state index contributed by atoms with van der Waals surface area (Å²) < 4.78 is 16.8. The van der Waals surface area contributed by atoms with Gasteiger partial charge in [-0.15, -0.1) is 0 Å². The van der Waals surface area contributed by atoms with Gasteiger partial charge in [0, 0.05) is 25.9 Å². The van der Waals surface area contributed by atoms with Crippen LogP contribution in [0.4, 0.5) is 4.79 Å². The number of hydrogen-bond donors (Lipinski definition) is 3. The second-order valence-corrected chi connectivity index (χ2v) is 16.0. The molecule has 8 atom stereocenters. The minimum atomic E-state index is -0.992. The lowest BCUT2D eigenvalue weighted by Crippen LogP contribution is -2.51. The first-order chi connectivity index (χ1) is 22.4. The molecule has 0 radical (unpaired) electrons. The molecule has 0 heterocycles. The molecule has 2 amide bonds. The van der Waals surface area contributed by atoms with Crippen LogP contribution in [0.1, 0.15) is 118 Å². The van der Waals surface area contributed by atoms with Crippen LogP contribution in [0.2, 0.25) is 0 Å². The number of hydrogen-bond acceptors (Lipinski definition) is 6. The van der Waals surface area contributed by atoms with Crippen LogP contribution in [-0.4, -0.2) is 68.7 Å². The fourth-order valence-electron chi connectivity index (χ4n) is 10.1. The molecule has 3 N–H and O–H groups in total. The van der Waals surface area contributed by atoms with Gasteiger partial charge < -0.3 is 30.0 Å². The Morgan fingerprint density at radius 2 is 1.62 bits per heavy atom. The summed E-state index contributed by atoms with van der Waals surface area (Å²) in [6.45, 7) is 14.5. The van der Waals surface area contributed by atoms with Crippen molar-refractivity contribution in [1.29, 1.82) is 0 Å². The lowest BCUT2D eigenvalue weighted by atomic mass is 9.47. The van der Waals surface area contributed by atoms with E-state index in [9.17, 15) is 14.4 Å². The Hall–Kier alpha value is -2.13. The number of amides is 2. The number of fused-ring (bicyclic) bond motifs is 5. The van der Waals surface area contributed by atoms with Crippen LogP contribution < -0.4 is 10.6 Å². The summed E-state index contributed by atoms with van der Waals surface area (Å²) in [7, 11) is 0. The largest absolute Gasteiger partial charge is 0.481 e. The van der Waals surface area contributed by atoms with Crippen LogP contribution >= 0.6 is 0 Å². The van der Waals surface area contributed by atoms with E-state index in [0.29, 0.717) is 44.9 Å². The molecule has 47 heavy (non-hydrogen) atoms. The van der Waals surface area contributed by atoms with Crippen molar-refractivity contribution in [2.24, 2.45) is 46.3 Å². The van der Waals surface area contributed by atoms with Gasteiger partial charge in [-0.3, -0.25) is 9.59 Å². The minimum Gasteiger partial charge on any atom is -0.481 e. The molecule has 8 unspecified atom stereocenters. The van der Waals surface area contributed by atoms with E-state index in [1.54, 1.807) is 0 Å². The number of ether oxygens (including phenoxy) is 3. The summed E-state index contributed by atoms with van der Waals surface area (Å²) in [5, 5.41) is 14.0. The Bertz CT molecular complexity index is 1080. The second-order valence-electron chi connectivity index (χ2n) is 16.0. The van der Waals surface area contributed by atoms with E-state index in [1.807, 2.05) is 0 Å². The Morgan fingerprint density at radius 3 is 2.32 bits per heavy atom. The highest BCUT2D eigenvalue weighted by Crippen LogP contribution is 2.67. The molecule has 3 fully saturated rings. The Labute approximate surface area is 283 Å². The van der Waals surface area contributed by atoms with Gasteiger partial charge in [0.1, 0.15) is 6.10 Å². The Morgan fingerprint density at radius 1 is 0.894 bits per heavy atom. The maximum absolute atomic E-state index is 12.6. The van der Waals surface area contributed by atoms with Gasteiger partial charge in [0.2, 0.25) is 5.91 Å². The Kier molecular flexibility index (Phi) is 14.0. The van der Waals surface area contributed by atoms with Gasteiger partial charge in [0.25, 0.3) is 0 Å². The maximum atomic E-state index is 12.6. The van der Waals surface area contributed by atoms with Crippen LogP contribution in [-0.2, 0) is 23.8 Å². The zero-order valence-corrected chi connectivity index (χ0v) is 30.0. The first-order valence-electron chi connectivity index (χ1n) is 18.7. The van der Waals surface area contributed by atoms with Gasteiger partial charge in [-0.1, -0.05) is 65.5 Å². The number of carbonyl (C=O) groups excluding carboxylic acids is 2. The minimum absolute atomic E-state index is 0.0362. The first-order valence-corrected chi connectivity index (χ1v) is 18.7. The van der Waals surface area contributed by atoms with Crippen LogP contribution in [0.15, 0.2) is 11.6 Å². The molecule has 0 aromatic rings. The first kappa shape index (κ1) is 37.7. The highest BCUT2D eigenvalue weighted by Gasteiger charge is 2.59. The monoisotopic (exact) mass is 660 g/mol. The molecule has 9 heteroatoms. The molecule has 0 spiro atoms. The van der Waals surface area contributed by atoms with Gasteiger partial charge in [-0.25, -0.2) is 4.79 Å². The third kappa shape index (κ3) is 9.96. The van der Waals surface area contributed by atoms with Crippen molar-refractivity contribution in [2.75, 3.05) is 39.5 Å². The predicted molar refractivity (Wildman–Crippen MR) is 183 cm³/mol. The van der Waals surface area contributed by atoms with Gasteiger partial charge in [0.15, 0.2) is 0 Å². The van der Waals surface area contributed by atoms with Gasteiger partial charge in [-0.05, 0) is 91.3 Å². The quantitative estimate of drug-likeness (QED) is 0.106. The number of rotatable bonds is 18. The lowest BCUT2D eigenvalue weighted by molar-refractivity contribution is -0.138. The van der Waals surface area contributed by atoms with Crippen molar-refractivity contribution in [2.45, 2.75) is 124 Å². The molecule has 0 aromatic carbocycles. The van der Waals surface area contributed by atoms with Crippen molar-refractivity contribution in [3.8, 4) is 0 Å². The molecule has 4 aliphatic carbocycles. The molecule has 4 rings (SSSR count). The topological polar surface area (TPSA) is 123 Å². The number of alkyl carbamates (subject to hydrolysis) is 1. The molecule has 3 saturated carbocycles. The molecule has 0 aromatic heterocycles. The molecular formula is C38H64N2O7. The predicted octanol–water partition coefficient (Wildman–Crippen LogP) is 7.14. The highest BCUT2D eigenvalue weighted by atomic mass is 16.6. The standard InChI is InChI=1S/C38H64N2O7/c1-26(2)7-6-8-27(3)31-11-12-32-30-10-9-28-25-29(15-17-37(28,4)33(30)16-18-38(31,32)5)47-36(44)40-20-22-46-24-23-45-21-19-39-34(41)13-14-35(42)43/h9,26-27,29-33H,6-8,10-25H2,1-5H3,(H,39,41)(H,40,44)(H,42,43). The van der Waals surface area contributed by atoms with E-state index < -0.39 is 5.97 Å². The van der Waals surface area contributed by atoms with Crippen molar-refractivity contribution < 1.29 is 33.7 Å². The number of carbonyl (C=O) groups is 3. The maximum Gasteiger partial charge on any atom is 0.407 e. The van der Waals surface area contributed by atoms with Crippen LogP contribution in [0, 0.1) is 46.3 Å². The van der Waals surface area contributed by atoms with E-state index in [-0.39, 0.29) is 36.4 Å². The normalized spacial score (nSPS) is 32.0. The van der Waals surface area contributed by atoms with Gasteiger partial charge in [-0.2, -0.15) is 0 Å². The smallest absolute Gasteiger partial charge is 0.407 e. The fraction of sp³-hybridized carbons (Fsp3) is 0.868. The molecule has 0 aliphatic heterocycles. The van der Waals surface area contributed by atoms with E-state index in [0.717, 1.165) is 54.8 Å². The van der Waals surface area contributed by atoms with Gasteiger partial charge >= 0.3 is 12.1 Å². The van der Waals surface area contributed by atoms with E-state index in [1.165, 1.54) is 56.9 Å². The average Bonchev–Trinajstić information content (AvgIpc) is 3.38. The number of allylic oxidation sites excluding steroid dienone is 1. The summed E-state index contributed by atoms with van der Waals surface area (Å²) in [4.78, 5) is 34.5.